The molecular weight excluding hydrogens is 259 g/mol. The number of carbonyl (C=O) groups is 1. The van der Waals surface area contributed by atoms with E-state index in [1.54, 1.807) is 25.1 Å². The molecule has 0 aliphatic heterocycles. The first-order valence-electron chi connectivity index (χ1n) is 5.43. The lowest BCUT2D eigenvalue weighted by atomic mass is 9.91. The van der Waals surface area contributed by atoms with E-state index in [4.69, 9.17) is 28.9 Å². The van der Waals surface area contributed by atoms with E-state index in [0.29, 0.717) is 22.2 Å². The molecule has 94 valence electrons. The minimum Gasteiger partial charge on any atom is -0.368 e. The Bertz CT molecular complexity index is 423. The molecule has 0 fully saturated rings. The number of primary amides is 1. The summed E-state index contributed by atoms with van der Waals surface area (Å²) in [7, 11) is 0. The third-order valence-electron chi connectivity index (χ3n) is 2.71. The summed E-state index contributed by atoms with van der Waals surface area (Å²) >= 11 is 12.1. The number of amides is 1. The third kappa shape index (κ3) is 2.92. The van der Waals surface area contributed by atoms with E-state index in [9.17, 15) is 4.79 Å². The second kappa shape index (κ2) is 5.71. The minimum absolute atomic E-state index is 0.360. The lowest BCUT2D eigenvalue weighted by Gasteiger charge is -2.29. The Morgan fingerprint density at radius 2 is 2.12 bits per heavy atom. The summed E-state index contributed by atoms with van der Waals surface area (Å²) in [6.45, 7) is 4.39. The van der Waals surface area contributed by atoms with Crippen molar-refractivity contribution in [3.8, 4) is 0 Å². The molecule has 3 nitrogen and oxygen atoms in total. The molecular formula is C12H16Cl2N2O. The van der Waals surface area contributed by atoms with Gasteiger partial charge in [0.2, 0.25) is 5.91 Å². The van der Waals surface area contributed by atoms with Crippen LogP contribution in [0.4, 0.5) is 0 Å². The molecule has 5 heteroatoms. The van der Waals surface area contributed by atoms with E-state index >= 15 is 0 Å². The van der Waals surface area contributed by atoms with E-state index < -0.39 is 11.4 Å². The number of hydrogen-bond acceptors (Lipinski definition) is 2. The Hall–Kier alpha value is -0.770. The summed E-state index contributed by atoms with van der Waals surface area (Å²) in [5, 5.41) is 3.88. The first-order valence-corrected chi connectivity index (χ1v) is 6.18. The average molecular weight is 275 g/mol. The van der Waals surface area contributed by atoms with Gasteiger partial charge in [0.05, 0.1) is 10.0 Å². The molecule has 1 unspecified atom stereocenters. The highest BCUT2D eigenvalue weighted by Gasteiger charge is 2.34. The van der Waals surface area contributed by atoms with E-state index in [1.807, 2.05) is 6.92 Å². The van der Waals surface area contributed by atoms with Crippen molar-refractivity contribution >= 4 is 29.1 Å². The van der Waals surface area contributed by atoms with Gasteiger partial charge in [-0.15, -0.1) is 0 Å². The molecule has 1 aromatic carbocycles. The van der Waals surface area contributed by atoms with Crippen molar-refractivity contribution in [3.05, 3.63) is 33.8 Å². The van der Waals surface area contributed by atoms with Gasteiger partial charge in [0, 0.05) is 5.56 Å². The molecule has 0 heterocycles. The van der Waals surface area contributed by atoms with Gasteiger partial charge in [-0.05, 0) is 26.0 Å². The van der Waals surface area contributed by atoms with Crippen molar-refractivity contribution < 1.29 is 4.79 Å². The quantitative estimate of drug-likeness (QED) is 0.868. The van der Waals surface area contributed by atoms with Gasteiger partial charge in [-0.25, -0.2) is 0 Å². The smallest absolute Gasteiger partial charge is 0.242 e. The zero-order valence-electron chi connectivity index (χ0n) is 9.89. The normalized spacial score (nSPS) is 14.4. The zero-order chi connectivity index (χ0) is 13.1. The molecule has 0 saturated carbocycles. The Morgan fingerprint density at radius 3 is 2.65 bits per heavy atom. The number of benzene rings is 1. The highest BCUT2D eigenvalue weighted by Crippen LogP contribution is 2.33. The van der Waals surface area contributed by atoms with E-state index in [1.165, 1.54) is 0 Å². The summed E-state index contributed by atoms with van der Waals surface area (Å²) < 4.78 is 0. The van der Waals surface area contributed by atoms with Crippen molar-refractivity contribution in [2.24, 2.45) is 5.73 Å². The topological polar surface area (TPSA) is 55.1 Å². The minimum atomic E-state index is -1.00. The Morgan fingerprint density at radius 1 is 1.47 bits per heavy atom. The molecule has 0 aromatic heterocycles. The van der Waals surface area contributed by atoms with Gasteiger partial charge in [0.25, 0.3) is 0 Å². The van der Waals surface area contributed by atoms with Crippen molar-refractivity contribution in [1.82, 2.24) is 5.32 Å². The third-order valence-corrected chi connectivity index (χ3v) is 3.53. The fourth-order valence-electron chi connectivity index (χ4n) is 1.58. The zero-order valence-corrected chi connectivity index (χ0v) is 11.4. The average Bonchev–Trinajstić information content (AvgIpc) is 2.29. The lowest BCUT2D eigenvalue weighted by Crippen LogP contribution is -2.50. The monoisotopic (exact) mass is 274 g/mol. The lowest BCUT2D eigenvalue weighted by molar-refractivity contribution is -0.124. The highest BCUT2D eigenvalue weighted by molar-refractivity contribution is 6.42. The molecule has 1 atom stereocenters. The fourth-order valence-corrected chi connectivity index (χ4v) is 2.07. The largest absolute Gasteiger partial charge is 0.368 e. The highest BCUT2D eigenvalue weighted by atomic mass is 35.5. The van der Waals surface area contributed by atoms with Crippen LogP contribution in [0, 0.1) is 0 Å². The molecule has 1 rings (SSSR count). The number of hydrogen-bond donors (Lipinski definition) is 2. The van der Waals surface area contributed by atoms with Gasteiger partial charge in [-0.3, -0.25) is 10.1 Å². The van der Waals surface area contributed by atoms with Gasteiger partial charge in [-0.2, -0.15) is 0 Å². The predicted molar refractivity (Wildman–Crippen MR) is 71.3 cm³/mol. The summed E-state index contributed by atoms with van der Waals surface area (Å²) in [5.41, 5.74) is 5.06. The van der Waals surface area contributed by atoms with E-state index in [0.717, 1.165) is 6.42 Å². The van der Waals surface area contributed by atoms with Crippen LogP contribution in [0.15, 0.2) is 18.2 Å². The molecule has 0 spiro atoms. The second-order valence-corrected chi connectivity index (χ2v) is 4.80. The van der Waals surface area contributed by atoms with Crippen LogP contribution in [-0.4, -0.2) is 12.5 Å². The SMILES string of the molecule is CCCNC(C)(C(N)=O)c1cccc(Cl)c1Cl. The Labute approximate surface area is 111 Å². The van der Waals surface area contributed by atoms with Crippen molar-refractivity contribution in [2.45, 2.75) is 25.8 Å². The predicted octanol–water partition coefficient (Wildman–Crippen LogP) is 2.69. The van der Waals surface area contributed by atoms with Crippen molar-refractivity contribution in [3.63, 3.8) is 0 Å². The van der Waals surface area contributed by atoms with Crippen LogP contribution in [0.1, 0.15) is 25.8 Å². The van der Waals surface area contributed by atoms with Gasteiger partial charge in [-0.1, -0.05) is 42.3 Å². The molecule has 0 saturated heterocycles. The molecule has 1 aromatic rings. The molecule has 1 amide bonds. The van der Waals surface area contributed by atoms with E-state index in [-0.39, 0.29) is 0 Å². The maximum atomic E-state index is 11.6. The maximum Gasteiger partial charge on any atom is 0.242 e. The Balaban J connectivity index is 3.22. The van der Waals surface area contributed by atoms with Gasteiger partial charge in [0.1, 0.15) is 5.54 Å². The van der Waals surface area contributed by atoms with Crippen LogP contribution in [0.5, 0.6) is 0 Å². The van der Waals surface area contributed by atoms with Gasteiger partial charge in [0.15, 0.2) is 0 Å². The van der Waals surface area contributed by atoms with Crippen molar-refractivity contribution in [2.75, 3.05) is 6.54 Å². The Kier molecular flexibility index (Phi) is 4.80. The molecule has 0 bridgehead atoms. The molecule has 0 aliphatic rings. The molecule has 0 aliphatic carbocycles. The number of nitrogens with two attached hydrogens (primary N) is 1. The number of halogens is 2. The van der Waals surface area contributed by atoms with Crippen LogP contribution in [0.3, 0.4) is 0 Å². The summed E-state index contributed by atoms with van der Waals surface area (Å²) in [6, 6.07) is 5.18. The first-order chi connectivity index (χ1) is 7.93. The molecule has 17 heavy (non-hydrogen) atoms. The molecule has 3 N–H and O–H groups in total. The van der Waals surface area contributed by atoms with Crippen LogP contribution in [-0.2, 0) is 10.3 Å². The summed E-state index contributed by atoms with van der Waals surface area (Å²) in [5.74, 6) is -0.477. The fraction of sp³-hybridized carbons (Fsp3) is 0.417. The number of rotatable bonds is 5. The van der Waals surface area contributed by atoms with E-state index in [2.05, 4.69) is 5.32 Å². The molecule has 0 radical (unpaired) electrons. The first kappa shape index (κ1) is 14.3. The van der Waals surface area contributed by atoms with Gasteiger partial charge < -0.3 is 5.73 Å². The number of nitrogens with one attached hydrogen (secondary N) is 1. The summed E-state index contributed by atoms with van der Waals surface area (Å²) in [4.78, 5) is 11.6. The van der Waals surface area contributed by atoms with Gasteiger partial charge >= 0.3 is 0 Å². The summed E-state index contributed by atoms with van der Waals surface area (Å²) in [6.07, 6.45) is 0.890. The maximum absolute atomic E-state index is 11.6. The van der Waals surface area contributed by atoms with Crippen LogP contribution >= 0.6 is 23.2 Å². The van der Waals surface area contributed by atoms with Crippen LogP contribution < -0.4 is 11.1 Å². The standard InChI is InChI=1S/C12H16Cl2N2O/c1-3-7-16-12(2,11(15)17)8-5-4-6-9(13)10(8)14/h4-6,16H,3,7H2,1-2H3,(H2,15,17). The number of carbonyl (C=O) groups excluding carboxylic acids is 1. The van der Waals surface area contributed by atoms with Crippen molar-refractivity contribution in [1.29, 1.82) is 0 Å². The van der Waals surface area contributed by atoms with Crippen LogP contribution in [0.2, 0.25) is 10.0 Å². The second-order valence-electron chi connectivity index (χ2n) is 4.02. The van der Waals surface area contributed by atoms with Crippen LogP contribution in [0.25, 0.3) is 0 Å².